The fourth-order valence-corrected chi connectivity index (χ4v) is 4.47. The summed E-state index contributed by atoms with van der Waals surface area (Å²) in [7, 11) is 3.39. The van der Waals surface area contributed by atoms with Crippen LogP contribution in [-0.2, 0) is 0 Å². The van der Waals surface area contributed by atoms with E-state index in [-0.39, 0.29) is 10.9 Å². The molecule has 0 radical (unpaired) electrons. The van der Waals surface area contributed by atoms with E-state index in [1.165, 1.54) is 12.0 Å². The fourth-order valence-electron chi connectivity index (χ4n) is 3.05. The number of benzene rings is 1. The predicted molar refractivity (Wildman–Crippen MR) is 89.9 cm³/mol. The Kier molecular flexibility index (Phi) is 4.69. The molecule has 2 fully saturated rings. The van der Waals surface area contributed by atoms with Gasteiger partial charge in [-0.25, -0.2) is 0 Å². The predicted octanol–water partition coefficient (Wildman–Crippen LogP) is 4.19. The topological polar surface area (TPSA) is 38.7 Å². The van der Waals surface area contributed by atoms with Gasteiger partial charge in [-0.05, 0) is 49.8 Å². The molecule has 2 aliphatic carbocycles. The Bertz CT molecular complexity index is 541. The van der Waals surface area contributed by atoms with Crippen molar-refractivity contribution >= 4 is 11.8 Å². The molecular weight excluding hydrogens is 296 g/mol. The standard InChI is InChI=1S/C18H24O3S/c1-20-15-8-5-9-16(21-2)17(15)22-18(10-11-18)12-13-6-3-4-7-14(13)19/h5,8-9,12,14,19H,3-4,6-7,10-11H2,1-2H3/b13-12+. The quantitative estimate of drug-likeness (QED) is 0.826. The molecule has 1 unspecified atom stereocenters. The maximum absolute atomic E-state index is 10.2. The van der Waals surface area contributed by atoms with Gasteiger partial charge in [0, 0.05) is 4.75 Å². The molecule has 1 aromatic carbocycles. The van der Waals surface area contributed by atoms with Gasteiger partial charge < -0.3 is 14.6 Å². The molecule has 22 heavy (non-hydrogen) atoms. The number of aliphatic hydroxyl groups is 1. The highest BCUT2D eigenvalue weighted by Crippen LogP contribution is 2.57. The zero-order valence-corrected chi connectivity index (χ0v) is 14.1. The molecule has 120 valence electrons. The third-order valence-corrected chi connectivity index (χ3v) is 6.04. The summed E-state index contributed by atoms with van der Waals surface area (Å²) in [6.07, 6.45) is 8.65. The van der Waals surface area contributed by atoms with Crippen LogP contribution in [0.2, 0.25) is 0 Å². The maximum Gasteiger partial charge on any atom is 0.136 e. The second kappa shape index (κ2) is 6.55. The Balaban J connectivity index is 1.85. The molecule has 3 rings (SSSR count). The van der Waals surface area contributed by atoms with Gasteiger partial charge in [0.15, 0.2) is 0 Å². The van der Waals surface area contributed by atoms with Crippen molar-refractivity contribution in [1.82, 2.24) is 0 Å². The number of thioether (sulfide) groups is 1. The molecule has 0 spiro atoms. The van der Waals surface area contributed by atoms with Crippen molar-refractivity contribution < 1.29 is 14.6 Å². The molecule has 3 nitrogen and oxygen atoms in total. The smallest absolute Gasteiger partial charge is 0.136 e. The maximum atomic E-state index is 10.2. The van der Waals surface area contributed by atoms with E-state index in [4.69, 9.17) is 9.47 Å². The van der Waals surface area contributed by atoms with Crippen molar-refractivity contribution in [1.29, 1.82) is 0 Å². The Labute approximate surface area is 136 Å². The molecular formula is C18H24O3S. The van der Waals surface area contributed by atoms with Crippen LogP contribution in [0.1, 0.15) is 38.5 Å². The van der Waals surface area contributed by atoms with Crippen LogP contribution in [0.15, 0.2) is 34.7 Å². The molecule has 0 bridgehead atoms. The minimum Gasteiger partial charge on any atom is -0.495 e. The molecule has 0 saturated heterocycles. The summed E-state index contributed by atoms with van der Waals surface area (Å²) >= 11 is 1.82. The van der Waals surface area contributed by atoms with Crippen LogP contribution in [0.3, 0.4) is 0 Å². The van der Waals surface area contributed by atoms with Gasteiger partial charge in [-0.1, -0.05) is 18.6 Å². The SMILES string of the molecule is COc1cccc(OC)c1SC1(/C=C2\CCCCC2O)CC1. The molecule has 4 heteroatoms. The number of ether oxygens (including phenoxy) is 2. The van der Waals surface area contributed by atoms with Gasteiger partial charge in [-0.2, -0.15) is 0 Å². The van der Waals surface area contributed by atoms with Crippen LogP contribution in [0.4, 0.5) is 0 Å². The van der Waals surface area contributed by atoms with Gasteiger partial charge in [0.2, 0.25) is 0 Å². The lowest BCUT2D eigenvalue weighted by Gasteiger charge is -2.23. The van der Waals surface area contributed by atoms with E-state index in [1.54, 1.807) is 14.2 Å². The number of rotatable bonds is 5. The molecule has 0 heterocycles. The van der Waals surface area contributed by atoms with Crippen molar-refractivity contribution in [2.75, 3.05) is 14.2 Å². The van der Waals surface area contributed by atoms with Crippen molar-refractivity contribution in [3.8, 4) is 11.5 Å². The normalized spacial score (nSPS) is 25.0. The highest BCUT2D eigenvalue weighted by atomic mass is 32.2. The van der Waals surface area contributed by atoms with E-state index in [0.29, 0.717) is 0 Å². The van der Waals surface area contributed by atoms with Crippen LogP contribution in [0.25, 0.3) is 0 Å². The second-order valence-electron chi connectivity index (χ2n) is 6.14. The first-order valence-corrected chi connectivity index (χ1v) is 8.79. The van der Waals surface area contributed by atoms with Gasteiger partial charge in [0.25, 0.3) is 0 Å². The molecule has 1 atom stereocenters. The summed E-state index contributed by atoms with van der Waals surface area (Å²) in [5.41, 5.74) is 1.23. The molecule has 0 aliphatic heterocycles. The van der Waals surface area contributed by atoms with Gasteiger partial charge in [-0.3, -0.25) is 0 Å². The zero-order chi connectivity index (χ0) is 15.6. The first kappa shape index (κ1) is 15.8. The van der Waals surface area contributed by atoms with Crippen molar-refractivity contribution in [3.63, 3.8) is 0 Å². The van der Waals surface area contributed by atoms with Crippen molar-refractivity contribution in [3.05, 3.63) is 29.8 Å². The highest BCUT2D eigenvalue weighted by molar-refractivity contribution is 8.01. The molecule has 1 aromatic rings. The second-order valence-corrected chi connectivity index (χ2v) is 7.56. The monoisotopic (exact) mass is 320 g/mol. The fraction of sp³-hybridized carbons (Fsp3) is 0.556. The minimum atomic E-state index is -0.244. The van der Waals surface area contributed by atoms with Gasteiger partial charge in [0.1, 0.15) is 11.5 Å². The van der Waals surface area contributed by atoms with Crippen molar-refractivity contribution in [2.45, 2.75) is 54.3 Å². The molecule has 0 aromatic heterocycles. The van der Waals surface area contributed by atoms with Crippen LogP contribution in [0, 0.1) is 0 Å². The average Bonchev–Trinajstić information content (AvgIpc) is 3.29. The van der Waals surface area contributed by atoms with Gasteiger partial charge >= 0.3 is 0 Å². The van der Waals surface area contributed by atoms with E-state index < -0.39 is 0 Å². The van der Waals surface area contributed by atoms with E-state index in [2.05, 4.69) is 6.08 Å². The number of hydrogen-bond acceptors (Lipinski definition) is 4. The summed E-state index contributed by atoms with van der Waals surface area (Å²) in [6, 6.07) is 5.90. The molecule has 2 aliphatic rings. The lowest BCUT2D eigenvalue weighted by molar-refractivity contribution is 0.178. The lowest BCUT2D eigenvalue weighted by atomic mass is 9.91. The number of methoxy groups -OCH3 is 2. The summed E-state index contributed by atoms with van der Waals surface area (Å²) in [4.78, 5) is 1.06. The Morgan fingerprint density at radius 3 is 2.41 bits per heavy atom. The Morgan fingerprint density at radius 1 is 1.18 bits per heavy atom. The van der Waals surface area contributed by atoms with E-state index in [9.17, 15) is 5.11 Å². The van der Waals surface area contributed by atoms with Gasteiger partial charge in [0.05, 0.1) is 25.2 Å². The summed E-state index contributed by atoms with van der Waals surface area (Å²) in [5, 5.41) is 10.2. The average molecular weight is 320 g/mol. The zero-order valence-electron chi connectivity index (χ0n) is 13.3. The number of aliphatic hydroxyl groups excluding tert-OH is 1. The van der Waals surface area contributed by atoms with E-state index in [0.717, 1.165) is 48.5 Å². The van der Waals surface area contributed by atoms with E-state index >= 15 is 0 Å². The van der Waals surface area contributed by atoms with Crippen LogP contribution in [0.5, 0.6) is 11.5 Å². The van der Waals surface area contributed by atoms with Crippen LogP contribution < -0.4 is 9.47 Å². The summed E-state index contributed by atoms with van der Waals surface area (Å²) in [5.74, 6) is 1.72. The third-order valence-electron chi connectivity index (χ3n) is 4.50. The van der Waals surface area contributed by atoms with Crippen LogP contribution in [-0.4, -0.2) is 30.2 Å². The summed E-state index contributed by atoms with van der Waals surface area (Å²) < 4.78 is 11.1. The highest BCUT2D eigenvalue weighted by Gasteiger charge is 2.44. The largest absolute Gasteiger partial charge is 0.495 e. The van der Waals surface area contributed by atoms with Crippen molar-refractivity contribution in [2.24, 2.45) is 0 Å². The molecule has 1 N–H and O–H groups in total. The minimum absolute atomic E-state index is 0.107. The van der Waals surface area contributed by atoms with Crippen LogP contribution >= 0.6 is 11.8 Å². The lowest BCUT2D eigenvalue weighted by Crippen LogP contribution is -2.17. The first-order valence-electron chi connectivity index (χ1n) is 7.97. The first-order chi connectivity index (χ1) is 10.7. The number of hydrogen-bond donors (Lipinski definition) is 1. The Hall–Kier alpha value is -1.13. The summed E-state index contributed by atoms with van der Waals surface area (Å²) in [6.45, 7) is 0. The van der Waals surface area contributed by atoms with Gasteiger partial charge in [-0.15, -0.1) is 11.8 Å². The Morgan fingerprint density at radius 2 is 1.86 bits per heavy atom. The third kappa shape index (κ3) is 3.28. The molecule has 0 amide bonds. The van der Waals surface area contributed by atoms with E-state index in [1.807, 2.05) is 30.0 Å². The molecule has 2 saturated carbocycles.